The van der Waals surface area contributed by atoms with Gasteiger partial charge in [0.1, 0.15) is 0 Å². The molecule has 0 aliphatic heterocycles. The number of aromatic nitrogens is 3. The van der Waals surface area contributed by atoms with Crippen LogP contribution in [0, 0.1) is 6.92 Å². The summed E-state index contributed by atoms with van der Waals surface area (Å²) in [5.74, 6) is 0.999. The van der Waals surface area contributed by atoms with Crippen molar-refractivity contribution in [2.75, 3.05) is 11.1 Å². The Balaban J connectivity index is 1.55. The van der Waals surface area contributed by atoms with E-state index in [2.05, 4.69) is 34.7 Å². The molecule has 0 saturated carbocycles. The normalized spacial score (nSPS) is 11.9. The Morgan fingerprint density at radius 1 is 1.00 bits per heavy atom. The molecule has 0 spiro atoms. The van der Waals surface area contributed by atoms with Crippen molar-refractivity contribution in [2.45, 2.75) is 44.8 Å². The van der Waals surface area contributed by atoms with Gasteiger partial charge < -0.3 is 15.2 Å². The van der Waals surface area contributed by atoms with E-state index in [1.165, 1.54) is 17.3 Å². The van der Waals surface area contributed by atoms with Gasteiger partial charge >= 0.3 is 0 Å². The number of hydrogen-bond acceptors (Lipinski definition) is 5. The maximum Gasteiger partial charge on any atom is 0.251 e. The molecule has 32 heavy (non-hydrogen) atoms. The van der Waals surface area contributed by atoms with Gasteiger partial charge in [0, 0.05) is 18.3 Å². The minimum atomic E-state index is -0.330. The van der Waals surface area contributed by atoms with Crippen molar-refractivity contribution in [1.82, 2.24) is 20.1 Å². The zero-order valence-corrected chi connectivity index (χ0v) is 19.9. The van der Waals surface area contributed by atoms with Crippen LogP contribution in [0.5, 0.6) is 0 Å². The minimum absolute atomic E-state index is 0.113. The first-order valence-corrected chi connectivity index (χ1v) is 11.5. The Labute approximate surface area is 193 Å². The SMILES string of the molecule is Cc1ccc(C(=O)N[C@@H](C)c2nnc(SCC(=O)Nc3ccc(C(C)C)cc3)n2C)cc1. The molecule has 2 amide bonds. The second kappa shape index (κ2) is 10.5. The highest BCUT2D eigenvalue weighted by molar-refractivity contribution is 7.99. The molecule has 0 aliphatic carbocycles. The van der Waals surface area contributed by atoms with Crippen molar-refractivity contribution in [3.63, 3.8) is 0 Å². The number of amides is 2. The second-order valence-electron chi connectivity index (χ2n) is 8.07. The highest BCUT2D eigenvalue weighted by atomic mass is 32.2. The molecule has 7 nitrogen and oxygen atoms in total. The predicted octanol–water partition coefficient (Wildman–Crippen LogP) is 4.47. The highest BCUT2D eigenvalue weighted by Gasteiger charge is 2.19. The number of anilines is 1. The number of aryl methyl sites for hydroxylation is 1. The van der Waals surface area contributed by atoms with Crippen molar-refractivity contribution >= 4 is 29.3 Å². The van der Waals surface area contributed by atoms with Gasteiger partial charge in [-0.15, -0.1) is 10.2 Å². The number of carbonyl (C=O) groups is 2. The van der Waals surface area contributed by atoms with Gasteiger partial charge in [0.25, 0.3) is 5.91 Å². The van der Waals surface area contributed by atoms with E-state index in [4.69, 9.17) is 0 Å². The average molecular weight is 452 g/mol. The summed E-state index contributed by atoms with van der Waals surface area (Å²) >= 11 is 1.30. The van der Waals surface area contributed by atoms with Crippen LogP contribution in [0.3, 0.4) is 0 Å². The quantitative estimate of drug-likeness (QED) is 0.493. The van der Waals surface area contributed by atoms with E-state index < -0.39 is 0 Å². The van der Waals surface area contributed by atoms with Crippen LogP contribution >= 0.6 is 11.8 Å². The lowest BCUT2D eigenvalue weighted by molar-refractivity contribution is -0.113. The van der Waals surface area contributed by atoms with Gasteiger partial charge in [-0.2, -0.15) is 0 Å². The van der Waals surface area contributed by atoms with E-state index in [-0.39, 0.29) is 23.6 Å². The molecular weight excluding hydrogens is 422 g/mol. The van der Waals surface area contributed by atoms with Gasteiger partial charge in [-0.05, 0) is 49.6 Å². The molecule has 168 valence electrons. The molecule has 0 aliphatic rings. The molecule has 8 heteroatoms. The molecule has 1 aromatic heterocycles. The van der Waals surface area contributed by atoms with E-state index in [0.29, 0.717) is 22.5 Å². The van der Waals surface area contributed by atoms with Crippen LogP contribution in [0.4, 0.5) is 5.69 Å². The van der Waals surface area contributed by atoms with Crippen LogP contribution in [0.15, 0.2) is 53.7 Å². The van der Waals surface area contributed by atoms with Crippen molar-refractivity contribution < 1.29 is 9.59 Å². The number of benzene rings is 2. The Morgan fingerprint density at radius 3 is 2.28 bits per heavy atom. The van der Waals surface area contributed by atoms with E-state index in [0.717, 1.165) is 11.3 Å². The first-order valence-electron chi connectivity index (χ1n) is 10.5. The molecule has 0 bridgehead atoms. The molecule has 1 atom stereocenters. The molecule has 0 radical (unpaired) electrons. The molecule has 1 heterocycles. The number of nitrogens with one attached hydrogen (secondary N) is 2. The van der Waals surface area contributed by atoms with Gasteiger partial charge in [0.05, 0.1) is 11.8 Å². The minimum Gasteiger partial charge on any atom is -0.342 e. The van der Waals surface area contributed by atoms with Gasteiger partial charge in [-0.25, -0.2) is 0 Å². The fraction of sp³-hybridized carbons (Fsp3) is 0.333. The third kappa shape index (κ3) is 5.97. The Morgan fingerprint density at radius 2 is 1.66 bits per heavy atom. The number of carbonyl (C=O) groups excluding carboxylic acids is 2. The summed E-state index contributed by atoms with van der Waals surface area (Å²) in [5.41, 5.74) is 3.69. The van der Waals surface area contributed by atoms with Crippen LogP contribution in [-0.4, -0.2) is 32.3 Å². The summed E-state index contributed by atoms with van der Waals surface area (Å²) < 4.78 is 1.80. The molecular formula is C24H29N5O2S. The second-order valence-corrected chi connectivity index (χ2v) is 9.02. The standard InChI is InChI=1S/C24H29N5O2S/c1-15(2)18-10-12-20(13-11-18)26-21(30)14-32-24-28-27-22(29(24)5)17(4)25-23(31)19-8-6-16(3)7-9-19/h6-13,15,17H,14H2,1-5H3,(H,25,31)(H,26,30)/t17-/m0/s1. The summed E-state index contributed by atoms with van der Waals surface area (Å²) in [4.78, 5) is 24.8. The maximum absolute atomic E-state index is 12.5. The van der Waals surface area contributed by atoms with Crippen LogP contribution in [0.25, 0.3) is 0 Å². The topological polar surface area (TPSA) is 88.9 Å². The lowest BCUT2D eigenvalue weighted by Crippen LogP contribution is -2.28. The smallest absolute Gasteiger partial charge is 0.251 e. The molecule has 0 fully saturated rings. The van der Waals surface area contributed by atoms with Gasteiger partial charge in [-0.1, -0.05) is 55.4 Å². The van der Waals surface area contributed by atoms with Gasteiger partial charge in [0.2, 0.25) is 5.91 Å². The third-order valence-corrected chi connectivity index (χ3v) is 6.13. The van der Waals surface area contributed by atoms with E-state index in [1.54, 1.807) is 16.7 Å². The largest absolute Gasteiger partial charge is 0.342 e. The molecule has 3 rings (SSSR count). The Hall–Kier alpha value is -3.13. The first-order chi connectivity index (χ1) is 15.2. The molecule has 0 unspecified atom stereocenters. The zero-order valence-electron chi connectivity index (χ0n) is 19.0. The van der Waals surface area contributed by atoms with Crippen molar-refractivity contribution in [2.24, 2.45) is 7.05 Å². The van der Waals surface area contributed by atoms with Crippen LogP contribution in [-0.2, 0) is 11.8 Å². The van der Waals surface area contributed by atoms with Crippen molar-refractivity contribution in [3.8, 4) is 0 Å². The fourth-order valence-electron chi connectivity index (χ4n) is 3.16. The number of thioether (sulfide) groups is 1. The number of rotatable bonds is 8. The molecule has 0 saturated heterocycles. The van der Waals surface area contributed by atoms with Crippen LogP contribution in [0.1, 0.15) is 60.0 Å². The third-order valence-electron chi connectivity index (χ3n) is 5.11. The summed E-state index contributed by atoms with van der Waals surface area (Å²) in [6, 6.07) is 14.9. The lowest BCUT2D eigenvalue weighted by atomic mass is 10.0. The molecule has 2 N–H and O–H groups in total. The maximum atomic E-state index is 12.5. The summed E-state index contributed by atoms with van der Waals surface area (Å²) in [5, 5.41) is 14.9. The average Bonchev–Trinajstić information content (AvgIpc) is 3.13. The van der Waals surface area contributed by atoms with Crippen molar-refractivity contribution in [3.05, 3.63) is 71.0 Å². The molecule has 3 aromatic rings. The van der Waals surface area contributed by atoms with E-state index >= 15 is 0 Å². The van der Waals surface area contributed by atoms with Gasteiger partial charge in [-0.3, -0.25) is 9.59 Å². The monoisotopic (exact) mass is 451 g/mol. The zero-order chi connectivity index (χ0) is 23.3. The number of nitrogens with zero attached hydrogens (tertiary/aromatic N) is 3. The highest BCUT2D eigenvalue weighted by Crippen LogP contribution is 2.21. The van der Waals surface area contributed by atoms with E-state index in [9.17, 15) is 9.59 Å². The number of hydrogen-bond donors (Lipinski definition) is 2. The van der Waals surface area contributed by atoms with Crippen LogP contribution in [0.2, 0.25) is 0 Å². The first kappa shape index (κ1) is 23.5. The summed E-state index contributed by atoms with van der Waals surface area (Å²) in [7, 11) is 1.83. The fourth-order valence-corrected chi connectivity index (χ4v) is 3.88. The van der Waals surface area contributed by atoms with E-state index in [1.807, 2.05) is 57.3 Å². The Kier molecular flexibility index (Phi) is 7.69. The molecule has 2 aromatic carbocycles. The summed E-state index contributed by atoms with van der Waals surface area (Å²) in [6.07, 6.45) is 0. The predicted molar refractivity (Wildman–Crippen MR) is 128 cm³/mol. The lowest BCUT2D eigenvalue weighted by Gasteiger charge is -2.14. The Bertz CT molecular complexity index is 1070. The van der Waals surface area contributed by atoms with Gasteiger partial charge in [0.15, 0.2) is 11.0 Å². The summed E-state index contributed by atoms with van der Waals surface area (Å²) in [6.45, 7) is 8.10. The van der Waals surface area contributed by atoms with Crippen LogP contribution < -0.4 is 10.6 Å². The van der Waals surface area contributed by atoms with Crippen molar-refractivity contribution in [1.29, 1.82) is 0 Å².